The van der Waals surface area contributed by atoms with Gasteiger partial charge < -0.3 is 10.6 Å². The molecule has 6 heteroatoms. The number of carbonyl (C=O) groups is 3. The van der Waals surface area contributed by atoms with Gasteiger partial charge in [-0.2, -0.15) is 0 Å². The Hall–Kier alpha value is -2.21. The molecule has 6 nitrogen and oxygen atoms in total. The second-order valence-electron chi connectivity index (χ2n) is 5.49. The lowest BCUT2D eigenvalue weighted by atomic mass is 10.2. The van der Waals surface area contributed by atoms with E-state index in [4.69, 9.17) is 0 Å². The standard InChI is InChI=1S/C15H17N3O3/c1-9(19)16-10-4-6-12(7-5-10)18-14(20)8-13(15(18)21)17-11-2-3-11/h4-7,11,13,17H,2-3,8H2,1H3,(H,16,19). The number of hydrogen-bond donors (Lipinski definition) is 2. The van der Waals surface area contributed by atoms with Gasteiger partial charge in [-0.15, -0.1) is 0 Å². The van der Waals surface area contributed by atoms with Crippen molar-refractivity contribution in [3.63, 3.8) is 0 Å². The molecule has 1 aliphatic heterocycles. The van der Waals surface area contributed by atoms with Crippen LogP contribution in [0.15, 0.2) is 24.3 Å². The predicted octanol–water partition coefficient (Wildman–Crippen LogP) is 1.03. The average molecular weight is 287 g/mol. The number of imide groups is 1. The summed E-state index contributed by atoms with van der Waals surface area (Å²) >= 11 is 0. The Kier molecular flexibility index (Phi) is 3.47. The Balaban J connectivity index is 1.74. The number of amides is 3. The van der Waals surface area contributed by atoms with Crippen LogP contribution in [0.4, 0.5) is 11.4 Å². The van der Waals surface area contributed by atoms with Crippen molar-refractivity contribution >= 4 is 29.1 Å². The molecule has 0 radical (unpaired) electrons. The highest BCUT2D eigenvalue weighted by molar-refractivity contribution is 6.22. The molecule has 3 rings (SSSR count). The van der Waals surface area contributed by atoms with Crippen LogP contribution in [-0.2, 0) is 14.4 Å². The summed E-state index contributed by atoms with van der Waals surface area (Å²) in [5, 5.41) is 5.85. The zero-order valence-corrected chi connectivity index (χ0v) is 11.8. The quantitative estimate of drug-likeness (QED) is 0.811. The number of benzene rings is 1. The number of anilines is 2. The Bertz CT molecular complexity index is 593. The maximum atomic E-state index is 12.3. The van der Waals surface area contributed by atoms with Crippen molar-refractivity contribution in [3.05, 3.63) is 24.3 Å². The third-order valence-corrected chi connectivity index (χ3v) is 3.61. The van der Waals surface area contributed by atoms with E-state index >= 15 is 0 Å². The van der Waals surface area contributed by atoms with E-state index in [1.807, 2.05) is 0 Å². The molecule has 2 aliphatic rings. The third-order valence-electron chi connectivity index (χ3n) is 3.61. The summed E-state index contributed by atoms with van der Waals surface area (Å²) in [5.74, 6) is -0.547. The normalized spacial score (nSPS) is 21.8. The van der Waals surface area contributed by atoms with Crippen LogP contribution in [0.1, 0.15) is 26.2 Å². The summed E-state index contributed by atoms with van der Waals surface area (Å²) in [4.78, 5) is 36.6. The lowest BCUT2D eigenvalue weighted by molar-refractivity contribution is -0.121. The zero-order chi connectivity index (χ0) is 15.0. The number of nitrogens with one attached hydrogen (secondary N) is 2. The minimum Gasteiger partial charge on any atom is -0.326 e. The first-order valence-electron chi connectivity index (χ1n) is 7.05. The molecule has 3 amide bonds. The molecule has 2 fully saturated rings. The highest BCUT2D eigenvalue weighted by atomic mass is 16.2. The molecule has 1 atom stereocenters. The van der Waals surface area contributed by atoms with E-state index in [1.54, 1.807) is 24.3 Å². The maximum Gasteiger partial charge on any atom is 0.251 e. The van der Waals surface area contributed by atoms with E-state index in [9.17, 15) is 14.4 Å². The number of hydrogen-bond acceptors (Lipinski definition) is 4. The monoisotopic (exact) mass is 287 g/mol. The molecule has 1 unspecified atom stereocenters. The van der Waals surface area contributed by atoms with Crippen molar-refractivity contribution in [2.75, 3.05) is 10.2 Å². The Morgan fingerprint density at radius 1 is 1.19 bits per heavy atom. The van der Waals surface area contributed by atoms with Crippen molar-refractivity contribution in [3.8, 4) is 0 Å². The molecule has 110 valence electrons. The molecule has 1 heterocycles. The van der Waals surface area contributed by atoms with E-state index in [1.165, 1.54) is 11.8 Å². The summed E-state index contributed by atoms with van der Waals surface area (Å²) in [7, 11) is 0. The van der Waals surface area contributed by atoms with Crippen molar-refractivity contribution in [2.45, 2.75) is 38.3 Å². The van der Waals surface area contributed by atoms with Gasteiger partial charge in [-0.3, -0.25) is 14.4 Å². The minimum atomic E-state index is -0.403. The van der Waals surface area contributed by atoms with Crippen LogP contribution < -0.4 is 15.5 Å². The highest BCUT2D eigenvalue weighted by Gasteiger charge is 2.41. The fourth-order valence-electron chi connectivity index (χ4n) is 2.47. The van der Waals surface area contributed by atoms with E-state index in [2.05, 4.69) is 10.6 Å². The smallest absolute Gasteiger partial charge is 0.251 e. The van der Waals surface area contributed by atoms with Crippen LogP contribution in [0.5, 0.6) is 0 Å². The average Bonchev–Trinajstić information content (AvgIpc) is 3.18. The molecule has 1 aliphatic carbocycles. The Morgan fingerprint density at radius 2 is 1.86 bits per heavy atom. The van der Waals surface area contributed by atoms with Crippen LogP contribution in [0.2, 0.25) is 0 Å². The van der Waals surface area contributed by atoms with Crippen LogP contribution in [0.3, 0.4) is 0 Å². The molecular weight excluding hydrogens is 270 g/mol. The molecule has 2 N–H and O–H groups in total. The third kappa shape index (κ3) is 2.95. The van der Waals surface area contributed by atoms with Crippen LogP contribution in [-0.4, -0.2) is 29.8 Å². The minimum absolute atomic E-state index is 0.162. The molecule has 0 spiro atoms. The molecule has 1 saturated heterocycles. The van der Waals surface area contributed by atoms with Crippen LogP contribution in [0.25, 0.3) is 0 Å². The molecule has 0 bridgehead atoms. The summed E-state index contributed by atoms with van der Waals surface area (Å²) in [6.45, 7) is 1.43. The van der Waals surface area contributed by atoms with Gasteiger partial charge in [-0.1, -0.05) is 0 Å². The summed E-state index contributed by atoms with van der Waals surface area (Å²) < 4.78 is 0. The molecular formula is C15H17N3O3. The second kappa shape index (κ2) is 5.29. The molecule has 1 aromatic carbocycles. The largest absolute Gasteiger partial charge is 0.326 e. The number of nitrogens with zero attached hydrogens (tertiary/aromatic N) is 1. The molecule has 1 aromatic rings. The lowest BCUT2D eigenvalue weighted by Gasteiger charge is -2.16. The molecule has 0 aromatic heterocycles. The van der Waals surface area contributed by atoms with E-state index < -0.39 is 6.04 Å². The predicted molar refractivity (Wildman–Crippen MR) is 77.8 cm³/mol. The second-order valence-corrected chi connectivity index (χ2v) is 5.49. The van der Waals surface area contributed by atoms with Gasteiger partial charge in [0, 0.05) is 18.7 Å². The van der Waals surface area contributed by atoms with E-state index in [0.29, 0.717) is 17.4 Å². The maximum absolute atomic E-state index is 12.3. The molecule has 1 saturated carbocycles. The summed E-state index contributed by atoms with van der Waals surface area (Å²) in [6.07, 6.45) is 2.36. The summed E-state index contributed by atoms with van der Waals surface area (Å²) in [6, 6.07) is 6.67. The first-order valence-corrected chi connectivity index (χ1v) is 7.05. The lowest BCUT2D eigenvalue weighted by Crippen LogP contribution is -2.39. The fraction of sp³-hybridized carbons (Fsp3) is 0.400. The first kappa shape index (κ1) is 13.8. The van der Waals surface area contributed by atoms with Gasteiger partial charge in [0.15, 0.2) is 0 Å². The van der Waals surface area contributed by atoms with Gasteiger partial charge in [0.1, 0.15) is 0 Å². The SMILES string of the molecule is CC(=O)Nc1ccc(N2C(=O)CC(NC3CC3)C2=O)cc1. The van der Waals surface area contributed by atoms with Crippen molar-refractivity contribution in [2.24, 2.45) is 0 Å². The fourth-order valence-corrected chi connectivity index (χ4v) is 2.47. The van der Waals surface area contributed by atoms with Gasteiger partial charge in [0.05, 0.1) is 18.2 Å². The van der Waals surface area contributed by atoms with Gasteiger partial charge in [0.2, 0.25) is 11.8 Å². The van der Waals surface area contributed by atoms with Gasteiger partial charge in [-0.05, 0) is 37.1 Å². The first-order chi connectivity index (χ1) is 10.0. The topological polar surface area (TPSA) is 78.5 Å². The van der Waals surface area contributed by atoms with Gasteiger partial charge >= 0.3 is 0 Å². The zero-order valence-electron chi connectivity index (χ0n) is 11.8. The van der Waals surface area contributed by atoms with E-state index in [-0.39, 0.29) is 24.1 Å². The van der Waals surface area contributed by atoms with Crippen molar-refractivity contribution in [1.82, 2.24) is 5.32 Å². The summed E-state index contributed by atoms with van der Waals surface area (Å²) in [5.41, 5.74) is 1.18. The highest BCUT2D eigenvalue weighted by Crippen LogP contribution is 2.27. The Labute approximate surface area is 122 Å². The van der Waals surface area contributed by atoms with E-state index in [0.717, 1.165) is 12.8 Å². The van der Waals surface area contributed by atoms with Crippen LogP contribution in [0, 0.1) is 0 Å². The van der Waals surface area contributed by atoms with Crippen molar-refractivity contribution in [1.29, 1.82) is 0 Å². The number of carbonyl (C=O) groups excluding carboxylic acids is 3. The number of rotatable bonds is 4. The van der Waals surface area contributed by atoms with Gasteiger partial charge in [-0.25, -0.2) is 4.90 Å². The van der Waals surface area contributed by atoms with Crippen LogP contribution >= 0.6 is 0 Å². The van der Waals surface area contributed by atoms with Crippen molar-refractivity contribution < 1.29 is 14.4 Å². The Morgan fingerprint density at radius 3 is 2.43 bits per heavy atom. The van der Waals surface area contributed by atoms with Gasteiger partial charge in [0.25, 0.3) is 5.91 Å². The molecule has 21 heavy (non-hydrogen) atoms.